The molecule has 2 aliphatic heterocycles. The number of benzene rings is 3. The van der Waals surface area contributed by atoms with E-state index in [0.29, 0.717) is 68.3 Å². The number of carbonyl (C=O) groups is 2. The first-order valence-corrected chi connectivity index (χ1v) is 16.2. The average Bonchev–Trinajstić information content (AvgIpc) is 3.60. The van der Waals surface area contributed by atoms with Gasteiger partial charge in [0.05, 0.1) is 18.2 Å². The van der Waals surface area contributed by atoms with Crippen molar-refractivity contribution in [3.05, 3.63) is 93.0 Å². The summed E-state index contributed by atoms with van der Waals surface area (Å²) in [6.45, 7) is 3.26. The molecule has 44 heavy (non-hydrogen) atoms. The van der Waals surface area contributed by atoms with E-state index < -0.39 is 17.7 Å². The normalized spacial score (nSPS) is 17.2. The van der Waals surface area contributed by atoms with Crippen molar-refractivity contribution in [2.45, 2.75) is 29.5 Å². The largest absolute Gasteiger partial charge is 0.507 e. The number of halogens is 2. The summed E-state index contributed by atoms with van der Waals surface area (Å²) < 4.78 is 17.7. The van der Waals surface area contributed by atoms with Gasteiger partial charge in [-0.2, -0.15) is 0 Å². The Morgan fingerprint density at radius 2 is 1.89 bits per heavy atom. The van der Waals surface area contributed by atoms with Crippen molar-refractivity contribution >= 4 is 68.9 Å². The number of aromatic nitrogens is 2. The second-order valence-corrected chi connectivity index (χ2v) is 12.8. The molecule has 6 rings (SSSR count). The third-order valence-corrected chi connectivity index (χ3v) is 9.57. The van der Waals surface area contributed by atoms with E-state index in [1.165, 1.54) is 16.7 Å². The van der Waals surface area contributed by atoms with E-state index in [1.807, 2.05) is 13.0 Å². The zero-order valence-corrected chi connectivity index (χ0v) is 26.4. The summed E-state index contributed by atoms with van der Waals surface area (Å²) in [6, 6.07) is 16.3. The lowest BCUT2D eigenvalue weighted by atomic mass is 9.95. The topological polar surface area (TPSA) is 111 Å². The van der Waals surface area contributed by atoms with Crippen LogP contribution in [0.15, 0.2) is 70.6 Å². The predicted molar refractivity (Wildman–Crippen MR) is 170 cm³/mol. The molecule has 0 spiro atoms. The molecule has 0 bridgehead atoms. The molecular weight excluding hydrogens is 645 g/mol. The highest BCUT2D eigenvalue weighted by Crippen LogP contribution is 2.45. The van der Waals surface area contributed by atoms with E-state index >= 15 is 0 Å². The smallest absolute Gasteiger partial charge is 0.301 e. The molecule has 1 unspecified atom stereocenters. The van der Waals surface area contributed by atoms with Gasteiger partial charge in [-0.3, -0.25) is 14.5 Å². The van der Waals surface area contributed by atoms with Crippen LogP contribution >= 0.6 is 46.3 Å². The number of carbonyl (C=O) groups excluding carboxylic acids is 2. The molecule has 1 fully saturated rings. The number of Topliss-reactive ketones (excluding diaryl/α,β-unsaturated/α-hetero) is 1. The van der Waals surface area contributed by atoms with Crippen molar-refractivity contribution in [2.24, 2.45) is 0 Å². The molecule has 3 heterocycles. The van der Waals surface area contributed by atoms with E-state index in [2.05, 4.69) is 10.2 Å². The Labute approximate surface area is 271 Å². The highest BCUT2D eigenvalue weighted by molar-refractivity contribution is 8.00. The highest BCUT2D eigenvalue weighted by Gasteiger charge is 2.48. The number of ketones is 1. The Kier molecular flexibility index (Phi) is 8.99. The fraction of sp³-hybridized carbons (Fsp3) is 0.226. The molecule has 1 saturated heterocycles. The maximum atomic E-state index is 13.6. The van der Waals surface area contributed by atoms with Gasteiger partial charge in [0.2, 0.25) is 5.13 Å². The minimum Gasteiger partial charge on any atom is -0.507 e. The summed E-state index contributed by atoms with van der Waals surface area (Å²) in [5.41, 5.74) is 1.65. The SMILES string of the molecule is CCCOc1cccc(C2C(=C(O)c3ccc4c(c3)OCCO4)C(=O)C(=O)N2c2nnc(SCc3ccc(Cl)cc3Cl)s2)c1. The number of fused-ring (bicyclic) bond motifs is 1. The van der Waals surface area contributed by atoms with Gasteiger partial charge in [-0.15, -0.1) is 10.2 Å². The van der Waals surface area contributed by atoms with E-state index in [0.717, 1.165) is 23.3 Å². The minimum absolute atomic E-state index is 0.0864. The van der Waals surface area contributed by atoms with Gasteiger partial charge in [0.1, 0.15) is 24.7 Å². The number of rotatable bonds is 9. The molecule has 4 aromatic rings. The summed E-state index contributed by atoms with van der Waals surface area (Å²) in [7, 11) is 0. The monoisotopic (exact) mass is 669 g/mol. The van der Waals surface area contributed by atoms with Gasteiger partial charge >= 0.3 is 5.91 Å². The second kappa shape index (κ2) is 13.1. The maximum Gasteiger partial charge on any atom is 0.301 e. The number of nitrogens with zero attached hydrogens (tertiary/aromatic N) is 3. The highest BCUT2D eigenvalue weighted by atomic mass is 35.5. The lowest BCUT2D eigenvalue weighted by Gasteiger charge is -2.23. The van der Waals surface area contributed by atoms with Crippen LogP contribution in [0.5, 0.6) is 17.2 Å². The Morgan fingerprint density at radius 1 is 1.07 bits per heavy atom. The van der Waals surface area contributed by atoms with Crippen LogP contribution in [-0.4, -0.2) is 46.8 Å². The molecule has 0 aliphatic carbocycles. The van der Waals surface area contributed by atoms with Crippen molar-refractivity contribution in [3.8, 4) is 17.2 Å². The maximum absolute atomic E-state index is 13.6. The summed E-state index contributed by atoms with van der Waals surface area (Å²) in [6.07, 6.45) is 0.805. The quantitative estimate of drug-likeness (QED) is 0.0644. The Hall–Kier alpha value is -3.77. The summed E-state index contributed by atoms with van der Waals surface area (Å²) in [5, 5.41) is 21.4. The number of anilines is 1. The lowest BCUT2D eigenvalue weighted by molar-refractivity contribution is -0.132. The number of aliphatic hydroxyl groups is 1. The summed E-state index contributed by atoms with van der Waals surface area (Å²) >= 11 is 14.9. The zero-order valence-electron chi connectivity index (χ0n) is 23.3. The summed E-state index contributed by atoms with van der Waals surface area (Å²) in [5.74, 6) is 0.0131. The first kappa shape index (κ1) is 30.3. The van der Waals surface area contributed by atoms with Crippen molar-refractivity contribution in [1.82, 2.24) is 10.2 Å². The second-order valence-electron chi connectivity index (χ2n) is 9.82. The van der Waals surface area contributed by atoms with Gasteiger partial charge < -0.3 is 19.3 Å². The van der Waals surface area contributed by atoms with Gasteiger partial charge in [-0.05, 0) is 60.0 Å². The van der Waals surface area contributed by atoms with Gasteiger partial charge in [0.25, 0.3) is 5.78 Å². The Balaban J connectivity index is 1.39. The summed E-state index contributed by atoms with van der Waals surface area (Å²) in [4.78, 5) is 28.6. The predicted octanol–water partition coefficient (Wildman–Crippen LogP) is 7.32. The van der Waals surface area contributed by atoms with Crippen LogP contribution in [0.25, 0.3) is 5.76 Å². The first-order chi connectivity index (χ1) is 21.3. The van der Waals surface area contributed by atoms with Gasteiger partial charge in [-0.1, -0.05) is 71.4 Å². The third kappa shape index (κ3) is 6.10. The number of amides is 1. The molecule has 9 nitrogen and oxygen atoms in total. The van der Waals surface area contributed by atoms with Crippen LogP contribution in [0.2, 0.25) is 10.0 Å². The lowest BCUT2D eigenvalue weighted by Crippen LogP contribution is -2.29. The van der Waals surface area contributed by atoms with E-state index in [1.54, 1.807) is 54.6 Å². The van der Waals surface area contributed by atoms with Crippen molar-refractivity contribution in [3.63, 3.8) is 0 Å². The molecule has 1 N–H and O–H groups in total. The van der Waals surface area contributed by atoms with Crippen LogP contribution in [0, 0.1) is 0 Å². The van der Waals surface area contributed by atoms with Crippen LogP contribution in [0.1, 0.15) is 36.1 Å². The molecular formula is C31H25Cl2N3O6S2. The van der Waals surface area contributed by atoms with E-state index in [-0.39, 0.29) is 16.5 Å². The molecule has 226 valence electrons. The zero-order chi connectivity index (χ0) is 30.8. The fourth-order valence-corrected chi connectivity index (χ4v) is 7.25. The van der Waals surface area contributed by atoms with Crippen molar-refractivity contribution in [2.75, 3.05) is 24.7 Å². The third-order valence-electron chi connectivity index (χ3n) is 6.87. The van der Waals surface area contributed by atoms with Crippen LogP contribution < -0.4 is 19.1 Å². The van der Waals surface area contributed by atoms with Crippen molar-refractivity contribution in [1.29, 1.82) is 0 Å². The molecule has 0 saturated carbocycles. The molecule has 1 amide bonds. The van der Waals surface area contributed by atoms with E-state index in [4.69, 9.17) is 37.4 Å². The first-order valence-electron chi connectivity index (χ1n) is 13.7. The number of hydrogen-bond donors (Lipinski definition) is 1. The van der Waals surface area contributed by atoms with E-state index in [9.17, 15) is 14.7 Å². The number of hydrogen-bond acceptors (Lipinski definition) is 10. The van der Waals surface area contributed by atoms with Crippen LogP contribution in [0.3, 0.4) is 0 Å². The number of ether oxygens (including phenoxy) is 3. The van der Waals surface area contributed by atoms with Gasteiger partial charge in [0, 0.05) is 21.4 Å². The minimum atomic E-state index is -0.995. The van der Waals surface area contributed by atoms with Crippen molar-refractivity contribution < 1.29 is 28.9 Å². The molecule has 1 aromatic heterocycles. The Morgan fingerprint density at radius 3 is 2.68 bits per heavy atom. The Bertz CT molecular complexity index is 1780. The molecule has 3 aromatic carbocycles. The number of thioether (sulfide) groups is 1. The van der Waals surface area contributed by atoms with Gasteiger partial charge in [0.15, 0.2) is 15.8 Å². The molecule has 2 aliphatic rings. The van der Waals surface area contributed by atoms with Crippen LogP contribution in [0.4, 0.5) is 5.13 Å². The van der Waals surface area contributed by atoms with Gasteiger partial charge in [-0.25, -0.2) is 0 Å². The molecule has 0 radical (unpaired) electrons. The fourth-order valence-electron chi connectivity index (χ4n) is 4.82. The van der Waals surface area contributed by atoms with Crippen LogP contribution in [-0.2, 0) is 15.3 Å². The molecule has 13 heteroatoms. The standard InChI is InChI=1S/C31H25Cl2N3O6S2/c1-2-10-40-21-5-3-4-17(13-21)26-25(27(37)18-7-9-23-24(14-18)42-12-11-41-23)28(38)29(39)36(26)30-34-35-31(44-30)43-16-19-6-8-20(32)15-22(19)33/h3-9,13-15,26,37H,2,10-12,16H2,1H3. The molecule has 1 atom stereocenters. The number of aliphatic hydroxyl groups excluding tert-OH is 1. The average molecular weight is 671 g/mol.